The second-order valence-corrected chi connectivity index (χ2v) is 5.52. The summed E-state index contributed by atoms with van der Waals surface area (Å²) in [6.07, 6.45) is 1.79. The maximum Gasteiger partial charge on any atom is 0.340 e. The summed E-state index contributed by atoms with van der Waals surface area (Å²) < 4.78 is 19.0. The molecule has 6 heteroatoms. The number of thioether (sulfide) groups is 1. The van der Waals surface area contributed by atoms with Crippen LogP contribution < -0.4 is 4.74 Å². The zero-order chi connectivity index (χ0) is 14.7. The number of carboxylic acid groups (broad SMARTS) is 1. The predicted molar refractivity (Wildman–Crippen MR) is 79.4 cm³/mol. The smallest absolute Gasteiger partial charge is 0.340 e. The number of hydrogen-bond acceptors (Lipinski definition) is 3. The van der Waals surface area contributed by atoms with Crippen molar-refractivity contribution in [3.05, 3.63) is 52.3 Å². The molecular formula is C14H10BrFO3S. The van der Waals surface area contributed by atoms with E-state index in [-0.39, 0.29) is 11.3 Å². The number of carbonyl (C=O) groups is 1. The van der Waals surface area contributed by atoms with Crippen LogP contribution >= 0.6 is 27.7 Å². The summed E-state index contributed by atoms with van der Waals surface area (Å²) in [5.74, 6) is -0.896. The van der Waals surface area contributed by atoms with E-state index in [9.17, 15) is 14.3 Å². The van der Waals surface area contributed by atoms with E-state index in [1.807, 2.05) is 0 Å². The van der Waals surface area contributed by atoms with Crippen molar-refractivity contribution in [2.75, 3.05) is 6.26 Å². The first-order valence-electron chi connectivity index (χ1n) is 5.56. The maximum atomic E-state index is 13.0. The second-order valence-electron chi connectivity index (χ2n) is 3.82. The van der Waals surface area contributed by atoms with Crippen molar-refractivity contribution in [2.45, 2.75) is 4.90 Å². The Hall–Kier alpha value is -1.53. The number of hydrogen-bond donors (Lipinski definition) is 1. The molecule has 0 atom stereocenters. The van der Waals surface area contributed by atoms with E-state index in [1.54, 1.807) is 24.5 Å². The van der Waals surface area contributed by atoms with Crippen molar-refractivity contribution in [3.8, 4) is 11.5 Å². The van der Waals surface area contributed by atoms with Crippen LogP contribution in [-0.2, 0) is 0 Å². The van der Waals surface area contributed by atoms with Gasteiger partial charge in [0.2, 0.25) is 0 Å². The van der Waals surface area contributed by atoms with Crippen LogP contribution in [0.1, 0.15) is 10.4 Å². The monoisotopic (exact) mass is 356 g/mol. The molecule has 3 nitrogen and oxygen atoms in total. The van der Waals surface area contributed by atoms with Crippen molar-refractivity contribution in [1.29, 1.82) is 0 Å². The molecule has 20 heavy (non-hydrogen) atoms. The van der Waals surface area contributed by atoms with Gasteiger partial charge in [-0.3, -0.25) is 0 Å². The minimum absolute atomic E-state index is 0.0937. The molecule has 2 rings (SSSR count). The Labute approximate surface area is 127 Å². The molecule has 0 fully saturated rings. The molecular weight excluding hydrogens is 347 g/mol. The highest BCUT2D eigenvalue weighted by atomic mass is 79.9. The van der Waals surface area contributed by atoms with Gasteiger partial charge in [-0.25, -0.2) is 9.18 Å². The number of benzene rings is 2. The van der Waals surface area contributed by atoms with Crippen molar-refractivity contribution in [1.82, 2.24) is 0 Å². The summed E-state index contributed by atoms with van der Waals surface area (Å²) in [4.78, 5) is 12.0. The van der Waals surface area contributed by atoms with Crippen molar-refractivity contribution in [3.63, 3.8) is 0 Å². The third-order valence-corrected chi connectivity index (χ3v) is 3.94. The highest BCUT2D eigenvalue weighted by molar-refractivity contribution is 9.10. The molecule has 0 saturated heterocycles. The van der Waals surface area contributed by atoms with Gasteiger partial charge in [0.25, 0.3) is 0 Å². The summed E-state index contributed by atoms with van der Waals surface area (Å²) in [6, 6.07) is 8.94. The van der Waals surface area contributed by atoms with Gasteiger partial charge in [-0.05, 0) is 52.5 Å². The number of ether oxygens (including phenoxy) is 1. The molecule has 2 aromatic rings. The predicted octanol–water partition coefficient (Wildman–Crippen LogP) is 4.80. The van der Waals surface area contributed by atoms with Crippen LogP contribution in [0.2, 0.25) is 0 Å². The van der Waals surface area contributed by atoms with Gasteiger partial charge in [0, 0.05) is 4.90 Å². The second kappa shape index (κ2) is 6.28. The highest BCUT2D eigenvalue weighted by Gasteiger charge is 2.17. The van der Waals surface area contributed by atoms with Crippen LogP contribution in [-0.4, -0.2) is 17.3 Å². The van der Waals surface area contributed by atoms with E-state index in [2.05, 4.69) is 15.9 Å². The lowest BCUT2D eigenvalue weighted by Crippen LogP contribution is -2.02. The minimum atomic E-state index is -1.07. The van der Waals surface area contributed by atoms with Crippen molar-refractivity contribution >= 4 is 33.7 Å². The van der Waals surface area contributed by atoms with Gasteiger partial charge < -0.3 is 9.84 Å². The first kappa shape index (κ1) is 14.9. The Morgan fingerprint density at radius 2 is 2.05 bits per heavy atom. The summed E-state index contributed by atoms with van der Waals surface area (Å²) in [5.41, 5.74) is 0.0937. The quantitative estimate of drug-likeness (QED) is 0.799. The zero-order valence-corrected chi connectivity index (χ0v) is 12.8. The third kappa shape index (κ3) is 3.13. The largest absolute Gasteiger partial charge is 0.478 e. The van der Waals surface area contributed by atoms with Crippen LogP contribution in [0.25, 0.3) is 0 Å². The number of carboxylic acids is 1. The zero-order valence-electron chi connectivity index (χ0n) is 10.4. The normalized spacial score (nSPS) is 10.3. The van der Waals surface area contributed by atoms with Gasteiger partial charge in [-0.15, -0.1) is 11.8 Å². The Morgan fingerprint density at radius 1 is 1.30 bits per heavy atom. The van der Waals surface area contributed by atoms with E-state index in [4.69, 9.17) is 4.74 Å². The van der Waals surface area contributed by atoms with E-state index in [0.717, 1.165) is 0 Å². The van der Waals surface area contributed by atoms with Gasteiger partial charge in [0.05, 0.1) is 4.47 Å². The van der Waals surface area contributed by atoms with E-state index >= 15 is 0 Å². The van der Waals surface area contributed by atoms with E-state index < -0.39 is 11.8 Å². The Morgan fingerprint density at radius 3 is 2.65 bits per heavy atom. The lowest BCUT2D eigenvalue weighted by Gasteiger charge is -2.12. The number of halogens is 2. The van der Waals surface area contributed by atoms with E-state index in [1.165, 1.54) is 30.0 Å². The summed E-state index contributed by atoms with van der Waals surface area (Å²) in [5, 5.41) is 9.30. The molecule has 0 aliphatic rings. The van der Waals surface area contributed by atoms with Gasteiger partial charge in [-0.1, -0.05) is 6.07 Å². The van der Waals surface area contributed by atoms with Crippen LogP contribution in [0.15, 0.2) is 45.8 Å². The molecule has 0 bridgehead atoms. The summed E-state index contributed by atoms with van der Waals surface area (Å²) >= 11 is 4.51. The molecule has 0 aromatic heterocycles. The Balaban J connectivity index is 2.45. The standard InChI is InChI=1S/C14H10BrFO3S/c1-20-12-4-2-3-11(13(12)14(17)18)19-10-6-5-8(16)7-9(10)15/h2-7H,1H3,(H,17,18). The minimum Gasteiger partial charge on any atom is -0.478 e. The molecule has 1 N–H and O–H groups in total. The molecule has 0 aliphatic carbocycles. The molecule has 0 unspecified atom stereocenters. The fourth-order valence-corrected chi connectivity index (χ4v) is 2.69. The average molecular weight is 357 g/mol. The lowest BCUT2D eigenvalue weighted by atomic mass is 10.2. The van der Waals surface area contributed by atoms with Crippen molar-refractivity contribution < 1.29 is 19.0 Å². The molecule has 0 amide bonds. The van der Waals surface area contributed by atoms with Gasteiger partial charge in [0.15, 0.2) is 0 Å². The third-order valence-electron chi connectivity index (χ3n) is 2.54. The van der Waals surface area contributed by atoms with Gasteiger partial charge in [0.1, 0.15) is 22.9 Å². The fraction of sp³-hybridized carbons (Fsp3) is 0.0714. The Kier molecular flexibility index (Phi) is 4.67. The molecule has 0 aliphatic heterocycles. The van der Waals surface area contributed by atoms with Crippen molar-refractivity contribution in [2.24, 2.45) is 0 Å². The lowest BCUT2D eigenvalue weighted by molar-refractivity contribution is 0.0690. The molecule has 2 aromatic carbocycles. The van der Waals surface area contributed by atoms with Gasteiger partial charge >= 0.3 is 5.97 Å². The molecule has 104 valence electrons. The molecule has 0 heterocycles. The van der Waals surface area contributed by atoms with Gasteiger partial charge in [-0.2, -0.15) is 0 Å². The number of aromatic carboxylic acids is 1. The average Bonchev–Trinajstić information content (AvgIpc) is 2.41. The van der Waals surface area contributed by atoms with Crippen LogP contribution in [0.5, 0.6) is 11.5 Å². The summed E-state index contributed by atoms with van der Waals surface area (Å²) in [7, 11) is 0. The van der Waals surface area contributed by atoms with Crippen LogP contribution in [0.4, 0.5) is 4.39 Å². The topological polar surface area (TPSA) is 46.5 Å². The SMILES string of the molecule is CSc1cccc(Oc2ccc(F)cc2Br)c1C(=O)O. The Bertz CT molecular complexity index is 661. The summed E-state index contributed by atoms with van der Waals surface area (Å²) in [6.45, 7) is 0. The van der Waals surface area contributed by atoms with E-state index in [0.29, 0.717) is 15.1 Å². The first-order valence-corrected chi connectivity index (χ1v) is 7.58. The fourth-order valence-electron chi connectivity index (χ4n) is 1.65. The molecule has 0 saturated carbocycles. The molecule has 0 spiro atoms. The first-order chi connectivity index (χ1) is 9.52. The highest BCUT2D eigenvalue weighted by Crippen LogP contribution is 2.35. The van der Waals surface area contributed by atoms with Crippen LogP contribution in [0, 0.1) is 5.82 Å². The maximum absolute atomic E-state index is 13.0. The molecule has 0 radical (unpaired) electrons. The number of rotatable bonds is 4. The van der Waals surface area contributed by atoms with Crippen LogP contribution in [0.3, 0.4) is 0 Å².